The summed E-state index contributed by atoms with van der Waals surface area (Å²) >= 11 is 0. The van der Waals surface area contributed by atoms with Crippen LogP contribution in [0.1, 0.15) is 67.0 Å². The van der Waals surface area contributed by atoms with Gasteiger partial charge < -0.3 is 5.32 Å². The van der Waals surface area contributed by atoms with Gasteiger partial charge in [-0.05, 0) is 53.5 Å². The largest absolute Gasteiger partial charge is 0.305 e. The Morgan fingerprint density at radius 2 is 2.00 bits per heavy atom. The van der Waals surface area contributed by atoms with Crippen molar-refractivity contribution in [2.24, 2.45) is 0 Å². The maximum Gasteiger partial charge on any atom is 0.257 e. The van der Waals surface area contributed by atoms with E-state index in [1.165, 1.54) is 0 Å². The molecule has 3 aromatic rings. The van der Waals surface area contributed by atoms with Gasteiger partial charge >= 0.3 is 0 Å². The van der Waals surface area contributed by atoms with E-state index < -0.39 is 0 Å². The molecular weight excluding hydrogens is 328 g/mol. The highest BCUT2D eigenvalue weighted by Crippen LogP contribution is 2.41. The third kappa shape index (κ3) is 2.87. The maximum atomic E-state index is 13.0. The molecule has 0 aliphatic heterocycles. The zero-order chi connectivity index (χ0) is 18.6. The molecule has 1 aliphatic rings. The molecular formula is C19H24N6O. The third-order valence-corrected chi connectivity index (χ3v) is 4.66. The van der Waals surface area contributed by atoms with Gasteiger partial charge in [-0.2, -0.15) is 10.2 Å². The van der Waals surface area contributed by atoms with Crippen molar-refractivity contribution in [2.45, 2.75) is 58.9 Å². The van der Waals surface area contributed by atoms with Crippen LogP contribution in [0.25, 0.3) is 11.0 Å². The van der Waals surface area contributed by atoms with Crippen LogP contribution in [0.15, 0.2) is 12.1 Å². The topological polar surface area (TPSA) is 88.5 Å². The minimum Gasteiger partial charge on any atom is -0.305 e. The maximum absolute atomic E-state index is 13.0. The van der Waals surface area contributed by atoms with E-state index in [1.54, 1.807) is 0 Å². The van der Waals surface area contributed by atoms with Crippen molar-refractivity contribution in [1.82, 2.24) is 25.0 Å². The molecule has 7 heteroatoms. The Labute approximate surface area is 152 Å². The van der Waals surface area contributed by atoms with Crippen LogP contribution in [0.3, 0.4) is 0 Å². The van der Waals surface area contributed by atoms with E-state index in [4.69, 9.17) is 4.98 Å². The van der Waals surface area contributed by atoms with E-state index in [2.05, 4.69) is 41.4 Å². The Balaban J connectivity index is 1.87. The van der Waals surface area contributed by atoms with Gasteiger partial charge in [-0.1, -0.05) is 0 Å². The van der Waals surface area contributed by atoms with Crippen molar-refractivity contribution in [2.75, 3.05) is 5.32 Å². The smallest absolute Gasteiger partial charge is 0.257 e. The Bertz CT molecular complexity index is 1000. The number of rotatable bonds is 3. The van der Waals surface area contributed by atoms with Gasteiger partial charge in [0.15, 0.2) is 11.5 Å². The van der Waals surface area contributed by atoms with Crippen molar-refractivity contribution in [1.29, 1.82) is 0 Å². The van der Waals surface area contributed by atoms with Crippen molar-refractivity contribution >= 4 is 22.8 Å². The van der Waals surface area contributed by atoms with Gasteiger partial charge in [-0.25, -0.2) is 9.67 Å². The van der Waals surface area contributed by atoms with Crippen LogP contribution in [0.2, 0.25) is 0 Å². The predicted molar refractivity (Wildman–Crippen MR) is 101 cm³/mol. The monoisotopic (exact) mass is 352 g/mol. The normalized spacial score (nSPS) is 14.8. The first-order chi connectivity index (χ1) is 12.2. The van der Waals surface area contributed by atoms with Gasteiger partial charge in [0.05, 0.1) is 22.2 Å². The number of pyridine rings is 1. The second-order valence-electron chi connectivity index (χ2n) is 8.13. The first kappa shape index (κ1) is 16.8. The molecule has 0 radical (unpaired) electrons. The van der Waals surface area contributed by atoms with Gasteiger partial charge in [0.25, 0.3) is 5.91 Å². The molecule has 3 aromatic heterocycles. The molecule has 4 rings (SSSR count). The molecule has 1 fully saturated rings. The second kappa shape index (κ2) is 5.65. The van der Waals surface area contributed by atoms with Crippen LogP contribution in [0, 0.1) is 13.8 Å². The van der Waals surface area contributed by atoms with Gasteiger partial charge in [-0.15, -0.1) is 0 Å². The number of anilines is 1. The zero-order valence-electron chi connectivity index (χ0n) is 15.8. The lowest BCUT2D eigenvalue weighted by Crippen LogP contribution is -2.23. The number of aromatic nitrogens is 5. The standard InChI is InChI=1S/C19H24N6O/c1-10-8-15(23-22-10)21-18(26)13-9-14(12-6-7-12)20-17-16(13)11(2)24-25(17)19(3,4)5/h8-9,12H,6-7H2,1-5H3,(H2,21,22,23,26). The lowest BCUT2D eigenvalue weighted by atomic mass is 10.1. The Morgan fingerprint density at radius 3 is 2.58 bits per heavy atom. The van der Waals surface area contributed by atoms with E-state index in [1.807, 2.05) is 30.7 Å². The molecule has 0 atom stereocenters. The number of aryl methyl sites for hydroxylation is 2. The van der Waals surface area contributed by atoms with E-state index >= 15 is 0 Å². The fourth-order valence-electron chi connectivity index (χ4n) is 3.21. The van der Waals surface area contributed by atoms with Gasteiger partial charge in [0.1, 0.15) is 0 Å². The Hall–Kier alpha value is -2.70. The molecule has 136 valence electrons. The third-order valence-electron chi connectivity index (χ3n) is 4.66. The number of aromatic amines is 1. The summed E-state index contributed by atoms with van der Waals surface area (Å²) in [5, 5.41) is 15.3. The molecule has 1 saturated carbocycles. The molecule has 7 nitrogen and oxygen atoms in total. The number of H-pyrrole nitrogens is 1. The lowest BCUT2D eigenvalue weighted by Gasteiger charge is -2.20. The summed E-state index contributed by atoms with van der Waals surface area (Å²) in [6.07, 6.45) is 2.25. The molecule has 1 amide bonds. The predicted octanol–water partition coefficient (Wildman–Crippen LogP) is 3.66. The van der Waals surface area contributed by atoms with E-state index in [0.29, 0.717) is 17.3 Å². The molecule has 0 spiro atoms. The quantitative estimate of drug-likeness (QED) is 0.753. The average molecular weight is 352 g/mol. The molecule has 2 N–H and O–H groups in total. The second-order valence-corrected chi connectivity index (χ2v) is 8.13. The Morgan fingerprint density at radius 1 is 1.27 bits per heavy atom. The highest BCUT2D eigenvalue weighted by Gasteiger charge is 2.30. The molecule has 0 bridgehead atoms. The highest BCUT2D eigenvalue weighted by atomic mass is 16.1. The minimum absolute atomic E-state index is 0.178. The molecule has 0 aromatic carbocycles. The molecule has 0 saturated heterocycles. The summed E-state index contributed by atoms with van der Waals surface area (Å²) in [5.41, 5.74) is 3.87. The Kier molecular flexibility index (Phi) is 3.64. The summed E-state index contributed by atoms with van der Waals surface area (Å²) in [6.45, 7) is 10.1. The fourth-order valence-corrected chi connectivity index (χ4v) is 3.21. The molecule has 3 heterocycles. The summed E-state index contributed by atoms with van der Waals surface area (Å²) in [7, 11) is 0. The fraction of sp³-hybridized carbons (Fsp3) is 0.474. The number of nitrogens with one attached hydrogen (secondary N) is 2. The van der Waals surface area contributed by atoms with Crippen molar-refractivity contribution in [3.63, 3.8) is 0 Å². The van der Waals surface area contributed by atoms with Crippen LogP contribution in [0.4, 0.5) is 5.82 Å². The average Bonchev–Trinajstić information content (AvgIpc) is 3.25. The first-order valence-corrected chi connectivity index (χ1v) is 8.98. The summed E-state index contributed by atoms with van der Waals surface area (Å²) in [4.78, 5) is 17.9. The van der Waals surface area contributed by atoms with Gasteiger partial charge in [-0.3, -0.25) is 9.89 Å². The number of amides is 1. The number of carbonyl (C=O) groups excluding carboxylic acids is 1. The number of hydrogen-bond acceptors (Lipinski definition) is 4. The molecule has 26 heavy (non-hydrogen) atoms. The minimum atomic E-state index is -0.214. The van der Waals surface area contributed by atoms with Crippen molar-refractivity contribution in [3.05, 3.63) is 34.8 Å². The van der Waals surface area contributed by atoms with Crippen molar-refractivity contribution < 1.29 is 4.79 Å². The van der Waals surface area contributed by atoms with Crippen LogP contribution in [0.5, 0.6) is 0 Å². The lowest BCUT2D eigenvalue weighted by molar-refractivity contribution is 0.102. The van der Waals surface area contributed by atoms with Crippen molar-refractivity contribution in [3.8, 4) is 0 Å². The van der Waals surface area contributed by atoms with Gasteiger partial charge in [0, 0.05) is 23.4 Å². The number of nitrogens with zero attached hydrogens (tertiary/aromatic N) is 4. The van der Waals surface area contributed by atoms with Crippen LogP contribution < -0.4 is 5.32 Å². The number of hydrogen-bond donors (Lipinski definition) is 2. The van der Waals surface area contributed by atoms with Crippen LogP contribution in [-0.2, 0) is 5.54 Å². The molecule has 1 aliphatic carbocycles. The number of fused-ring (bicyclic) bond motifs is 1. The van der Waals surface area contributed by atoms with Gasteiger partial charge in [0.2, 0.25) is 0 Å². The summed E-state index contributed by atoms with van der Waals surface area (Å²) in [6, 6.07) is 3.74. The summed E-state index contributed by atoms with van der Waals surface area (Å²) < 4.78 is 1.93. The van der Waals surface area contributed by atoms with Crippen LogP contribution >= 0.6 is 0 Å². The first-order valence-electron chi connectivity index (χ1n) is 8.98. The van der Waals surface area contributed by atoms with E-state index in [-0.39, 0.29) is 11.4 Å². The van der Waals surface area contributed by atoms with E-state index in [0.717, 1.165) is 41.0 Å². The SMILES string of the molecule is Cc1cc(NC(=O)c2cc(C3CC3)nc3c2c(C)nn3C(C)(C)C)n[nH]1. The summed E-state index contributed by atoms with van der Waals surface area (Å²) in [5.74, 6) is 0.788. The van der Waals surface area contributed by atoms with E-state index in [9.17, 15) is 4.79 Å². The number of carbonyl (C=O) groups is 1. The highest BCUT2D eigenvalue weighted by molar-refractivity contribution is 6.12. The zero-order valence-corrected chi connectivity index (χ0v) is 15.8. The van der Waals surface area contributed by atoms with Crippen LogP contribution in [-0.4, -0.2) is 30.9 Å². The molecule has 0 unspecified atom stereocenters.